The van der Waals surface area contributed by atoms with Crippen LogP contribution in [0.5, 0.6) is 5.75 Å². The second-order valence-electron chi connectivity index (χ2n) is 3.98. The maximum atomic E-state index is 9.14. The predicted octanol–water partition coefficient (Wildman–Crippen LogP) is 2.41. The highest BCUT2D eigenvalue weighted by molar-refractivity contribution is 6.32. The summed E-state index contributed by atoms with van der Waals surface area (Å²) in [6, 6.07) is 7.46. The number of aliphatic hydroxyl groups excluding tert-OH is 1. The molecule has 86 valence electrons. The molecule has 3 nitrogen and oxygen atoms in total. The monoisotopic (exact) mass is 239 g/mol. The quantitative estimate of drug-likeness (QED) is 0.878. The lowest BCUT2D eigenvalue weighted by Gasteiger charge is -2.18. The molecule has 0 amide bonds. The molecule has 0 aliphatic heterocycles. The van der Waals surface area contributed by atoms with Gasteiger partial charge in [0, 0.05) is 0 Å². The SMILES string of the molecule is COc1ccc(CC(C)(C#N)CO)cc1Cl. The van der Waals surface area contributed by atoms with Crippen LogP contribution in [-0.2, 0) is 6.42 Å². The van der Waals surface area contributed by atoms with Crippen molar-refractivity contribution in [3.8, 4) is 11.8 Å². The third kappa shape index (κ3) is 2.88. The molecule has 0 aliphatic rings. The molecule has 0 saturated carbocycles. The molecule has 0 saturated heterocycles. The Morgan fingerprint density at radius 2 is 2.25 bits per heavy atom. The van der Waals surface area contributed by atoms with E-state index in [2.05, 4.69) is 6.07 Å². The number of methoxy groups -OCH3 is 1. The highest BCUT2D eigenvalue weighted by atomic mass is 35.5. The van der Waals surface area contributed by atoms with Crippen molar-refractivity contribution >= 4 is 11.6 Å². The fraction of sp³-hybridized carbons (Fsp3) is 0.417. The molecule has 1 N–H and O–H groups in total. The summed E-state index contributed by atoms with van der Waals surface area (Å²) in [7, 11) is 1.55. The Morgan fingerprint density at radius 3 is 2.69 bits per heavy atom. The van der Waals surface area contributed by atoms with Crippen LogP contribution in [0.3, 0.4) is 0 Å². The zero-order chi connectivity index (χ0) is 12.2. The zero-order valence-electron chi connectivity index (χ0n) is 9.33. The Kier molecular flexibility index (Phi) is 4.17. The molecule has 0 spiro atoms. The van der Waals surface area contributed by atoms with Crippen molar-refractivity contribution in [2.24, 2.45) is 5.41 Å². The maximum Gasteiger partial charge on any atom is 0.137 e. The lowest BCUT2D eigenvalue weighted by Crippen LogP contribution is -2.21. The van der Waals surface area contributed by atoms with E-state index >= 15 is 0 Å². The average Bonchev–Trinajstić information content (AvgIpc) is 2.29. The van der Waals surface area contributed by atoms with Crippen molar-refractivity contribution in [2.45, 2.75) is 13.3 Å². The number of hydrogen-bond acceptors (Lipinski definition) is 3. The zero-order valence-corrected chi connectivity index (χ0v) is 10.1. The van der Waals surface area contributed by atoms with Crippen molar-refractivity contribution in [3.05, 3.63) is 28.8 Å². The van der Waals surface area contributed by atoms with Gasteiger partial charge in [-0.3, -0.25) is 0 Å². The molecule has 16 heavy (non-hydrogen) atoms. The van der Waals surface area contributed by atoms with E-state index in [0.717, 1.165) is 5.56 Å². The molecular formula is C12H14ClNO2. The highest BCUT2D eigenvalue weighted by Gasteiger charge is 2.23. The van der Waals surface area contributed by atoms with Gasteiger partial charge in [0.05, 0.1) is 30.2 Å². The van der Waals surface area contributed by atoms with E-state index in [1.807, 2.05) is 6.07 Å². The molecule has 4 heteroatoms. The van der Waals surface area contributed by atoms with Gasteiger partial charge in [-0.25, -0.2) is 0 Å². The number of aliphatic hydroxyl groups is 1. The van der Waals surface area contributed by atoms with Crippen molar-refractivity contribution in [2.75, 3.05) is 13.7 Å². The summed E-state index contributed by atoms with van der Waals surface area (Å²) in [6.45, 7) is 1.54. The minimum Gasteiger partial charge on any atom is -0.495 e. The molecule has 0 radical (unpaired) electrons. The summed E-state index contributed by atoms with van der Waals surface area (Å²) in [5, 5.41) is 18.6. The van der Waals surface area contributed by atoms with Gasteiger partial charge in [0.1, 0.15) is 5.75 Å². The smallest absolute Gasteiger partial charge is 0.137 e. The van der Waals surface area contributed by atoms with E-state index in [-0.39, 0.29) is 6.61 Å². The second kappa shape index (κ2) is 5.20. The van der Waals surface area contributed by atoms with E-state index in [9.17, 15) is 0 Å². The van der Waals surface area contributed by atoms with Gasteiger partial charge in [-0.2, -0.15) is 5.26 Å². The van der Waals surface area contributed by atoms with Crippen LogP contribution in [0.4, 0.5) is 0 Å². The van der Waals surface area contributed by atoms with Gasteiger partial charge in [-0.05, 0) is 31.0 Å². The number of hydrogen-bond donors (Lipinski definition) is 1. The maximum absolute atomic E-state index is 9.14. The van der Waals surface area contributed by atoms with Crippen LogP contribution in [0, 0.1) is 16.7 Å². The van der Waals surface area contributed by atoms with Gasteiger partial charge < -0.3 is 9.84 Å². The van der Waals surface area contributed by atoms with Crippen LogP contribution in [0.1, 0.15) is 12.5 Å². The molecule has 0 aromatic heterocycles. The van der Waals surface area contributed by atoms with E-state index in [4.69, 9.17) is 26.7 Å². The Labute approximate surface area is 100 Å². The normalized spacial score (nSPS) is 13.9. The molecule has 1 unspecified atom stereocenters. The number of rotatable bonds is 4. The van der Waals surface area contributed by atoms with Crippen molar-refractivity contribution < 1.29 is 9.84 Å². The van der Waals surface area contributed by atoms with E-state index in [0.29, 0.717) is 17.2 Å². The predicted molar refractivity (Wildman–Crippen MR) is 62.5 cm³/mol. The van der Waals surface area contributed by atoms with Gasteiger partial charge in [-0.1, -0.05) is 17.7 Å². The van der Waals surface area contributed by atoms with Crippen molar-refractivity contribution in [1.29, 1.82) is 5.26 Å². The largest absolute Gasteiger partial charge is 0.495 e. The summed E-state index contributed by atoms with van der Waals surface area (Å²) in [4.78, 5) is 0. The van der Waals surface area contributed by atoms with Crippen LogP contribution < -0.4 is 4.74 Å². The van der Waals surface area contributed by atoms with Gasteiger partial charge >= 0.3 is 0 Å². The molecule has 1 atom stereocenters. The summed E-state index contributed by atoms with van der Waals surface area (Å²) >= 11 is 5.97. The summed E-state index contributed by atoms with van der Waals surface area (Å²) in [5.74, 6) is 0.605. The van der Waals surface area contributed by atoms with Gasteiger partial charge in [0.2, 0.25) is 0 Å². The first-order valence-corrected chi connectivity index (χ1v) is 5.27. The summed E-state index contributed by atoms with van der Waals surface area (Å²) in [5.41, 5.74) is 0.140. The molecule has 0 fully saturated rings. The number of nitriles is 1. The highest BCUT2D eigenvalue weighted by Crippen LogP contribution is 2.28. The van der Waals surface area contributed by atoms with Crippen LogP contribution in [0.2, 0.25) is 5.02 Å². The Balaban J connectivity index is 2.91. The van der Waals surface area contributed by atoms with Crippen molar-refractivity contribution in [1.82, 2.24) is 0 Å². The van der Waals surface area contributed by atoms with Gasteiger partial charge in [0.15, 0.2) is 0 Å². The van der Waals surface area contributed by atoms with Crippen LogP contribution in [0.25, 0.3) is 0 Å². The summed E-state index contributed by atoms with van der Waals surface area (Å²) < 4.78 is 5.04. The average molecular weight is 240 g/mol. The van der Waals surface area contributed by atoms with Crippen molar-refractivity contribution in [3.63, 3.8) is 0 Å². The lowest BCUT2D eigenvalue weighted by atomic mass is 9.86. The number of halogens is 1. The summed E-state index contributed by atoms with van der Waals surface area (Å²) in [6.07, 6.45) is 0.462. The lowest BCUT2D eigenvalue weighted by molar-refractivity contribution is 0.190. The molecule has 0 heterocycles. The fourth-order valence-electron chi connectivity index (χ4n) is 1.40. The molecule has 1 aromatic rings. The van der Waals surface area contributed by atoms with E-state index < -0.39 is 5.41 Å². The molecule has 0 aliphatic carbocycles. The molecular weight excluding hydrogens is 226 g/mol. The number of nitrogens with zero attached hydrogens (tertiary/aromatic N) is 1. The third-order valence-corrected chi connectivity index (χ3v) is 2.72. The van der Waals surface area contributed by atoms with Crippen LogP contribution in [-0.4, -0.2) is 18.8 Å². The second-order valence-corrected chi connectivity index (χ2v) is 4.38. The molecule has 1 aromatic carbocycles. The van der Waals surface area contributed by atoms with E-state index in [1.54, 1.807) is 26.2 Å². The Morgan fingerprint density at radius 1 is 1.56 bits per heavy atom. The molecule has 1 rings (SSSR count). The topological polar surface area (TPSA) is 53.2 Å². The Bertz CT molecular complexity index is 414. The first-order chi connectivity index (χ1) is 7.54. The minimum atomic E-state index is -0.766. The Hall–Kier alpha value is -1.24. The fourth-order valence-corrected chi connectivity index (χ4v) is 1.68. The standard InChI is InChI=1S/C12H14ClNO2/c1-12(7-14,8-15)6-9-3-4-11(16-2)10(13)5-9/h3-5,15H,6,8H2,1-2H3. The van der Waals surface area contributed by atoms with Crippen LogP contribution in [0.15, 0.2) is 18.2 Å². The van der Waals surface area contributed by atoms with E-state index in [1.165, 1.54) is 0 Å². The molecule has 0 bridgehead atoms. The first-order valence-electron chi connectivity index (χ1n) is 4.89. The van der Waals surface area contributed by atoms with Gasteiger partial charge in [0.25, 0.3) is 0 Å². The third-order valence-electron chi connectivity index (χ3n) is 2.43. The first kappa shape index (κ1) is 12.8. The number of ether oxygens (including phenoxy) is 1. The minimum absolute atomic E-state index is 0.173. The number of benzene rings is 1. The van der Waals surface area contributed by atoms with Gasteiger partial charge in [-0.15, -0.1) is 0 Å². The van der Waals surface area contributed by atoms with Crippen LogP contribution >= 0.6 is 11.6 Å².